The Kier molecular flexibility index (Phi) is 4.58. The molecule has 1 aromatic rings. The van der Waals surface area contributed by atoms with Gasteiger partial charge in [-0.05, 0) is 18.8 Å². The minimum absolute atomic E-state index is 0.238. The Hall–Kier alpha value is -1.10. The van der Waals surface area contributed by atoms with Crippen molar-refractivity contribution in [3.8, 4) is 0 Å². The van der Waals surface area contributed by atoms with Crippen LogP contribution in [0.3, 0.4) is 0 Å². The molecule has 4 nitrogen and oxygen atoms in total. The van der Waals surface area contributed by atoms with Gasteiger partial charge in [-0.3, -0.25) is 4.79 Å². The molecule has 0 aliphatic heterocycles. The van der Waals surface area contributed by atoms with Crippen molar-refractivity contribution in [2.75, 3.05) is 12.4 Å². The van der Waals surface area contributed by atoms with Crippen molar-refractivity contribution in [1.82, 2.24) is 4.98 Å². The minimum Gasteiger partial charge on any atom is -0.469 e. The van der Waals surface area contributed by atoms with E-state index in [-0.39, 0.29) is 12.4 Å². The van der Waals surface area contributed by atoms with E-state index < -0.39 is 0 Å². The Morgan fingerprint density at radius 1 is 1.56 bits per heavy atom. The standard InChI is InChI=1S/C13H20N2O2S/c1-9-5-3-4-6-11(9)15-13-14-10(8-18-13)7-12(16)17-2/h8-9,11H,3-7H2,1-2H3,(H,14,15). The molecule has 0 aromatic carbocycles. The molecular formula is C13H20N2O2S. The van der Waals surface area contributed by atoms with Crippen LogP contribution in [0.5, 0.6) is 0 Å². The number of ether oxygens (including phenoxy) is 1. The van der Waals surface area contributed by atoms with E-state index in [0.717, 1.165) is 10.8 Å². The number of hydrogen-bond donors (Lipinski definition) is 1. The number of methoxy groups -OCH3 is 1. The summed E-state index contributed by atoms with van der Waals surface area (Å²) >= 11 is 1.57. The lowest BCUT2D eigenvalue weighted by molar-refractivity contribution is -0.139. The van der Waals surface area contributed by atoms with Crippen LogP contribution in [0.1, 0.15) is 38.3 Å². The molecule has 18 heavy (non-hydrogen) atoms. The molecule has 0 bridgehead atoms. The van der Waals surface area contributed by atoms with E-state index in [1.165, 1.54) is 32.8 Å². The first-order valence-electron chi connectivity index (χ1n) is 6.47. The quantitative estimate of drug-likeness (QED) is 0.853. The molecule has 0 radical (unpaired) electrons. The van der Waals surface area contributed by atoms with Crippen LogP contribution in [-0.4, -0.2) is 24.1 Å². The number of thiazole rings is 1. The zero-order valence-corrected chi connectivity index (χ0v) is 11.8. The van der Waals surface area contributed by atoms with Crippen molar-refractivity contribution >= 4 is 22.4 Å². The summed E-state index contributed by atoms with van der Waals surface area (Å²) in [6.45, 7) is 2.29. The normalized spacial score (nSPS) is 23.7. The van der Waals surface area contributed by atoms with Crippen LogP contribution in [0, 0.1) is 5.92 Å². The molecule has 0 saturated heterocycles. The topological polar surface area (TPSA) is 51.2 Å². The average Bonchev–Trinajstić information content (AvgIpc) is 2.79. The predicted molar refractivity (Wildman–Crippen MR) is 72.9 cm³/mol. The van der Waals surface area contributed by atoms with Crippen molar-refractivity contribution in [2.24, 2.45) is 5.92 Å². The largest absolute Gasteiger partial charge is 0.469 e. The molecule has 5 heteroatoms. The highest BCUT2D eigenvalue weighted by atomic mass is 32.1. The lowest BCUT2D eigenvalue weighted by atomic mass is 9.86. The van der Waals surface area contributed by atoms with Gasteiger partial charge in [-0.25, -0.2) is 4.98 Å². The highest BCUT2D eigenvalue weighted by Gasteiger charge is 2.21. The van der Waals surface area contributed by atoms with E-state index in [4.69, 9.17) is 0 Å². The summed E-state index contributed by atoms with van der Waals surface area (Å²) in [5.41, 5.74) is 0.790. The number of nitrogens with zero attached hydrogens (tertiary/aromatic N) is 1. The maximum Gasteiger partial charge on any atom is 0.311 e. The fraction of sp³-hybridized carbons (Fsp3) is 0.692. The Morgan fingerprint density at radius 3 is 3.06 bits per heavy atom. The van der Waals surface area contributed by atoms with Crippen molar-refractivity contribution in [1.29, 1.82) is 0 Å². The monoisotopic (exact) mass is 268 g/mol. The number of nitrogens with one attached hydrogen (secondary N) is 1. The highest BCUT2D eigenvalue weighted by Crippen LogP contribution is 2.28. The highest BCUT2D eigenvalue weighted by molar-refractivity contribution is 7.13. The third-order valence-corrected chi connectivity index (χ3v) is 4.35. The lowest BCUT2D eigenvalue weighted by Crippen LogP contribution is -2.30. The summed E-state index contributed by atoms with van der Waals surface area (Å²) in [6, 6.07) is 0.524. The van der Waals surface area contributed by atoms with E-state index in [2.05, 4.69) is 22.0 Å². The molecule has 2 unspecified atom stereocenters. The SMILES string of the molecule is COC(=O)Cc1csc(NC2CCCCC2C)n1. The van der Waals surface area contributed by atoms with Gasteiger partial charge in [-0.1, -0.05) is 19.8 Å². The maximum absolute atomic E-state index is 11.2. The van der Waals surface area contributed by atoms with Gasteiger partial charge in [0.15, 0.2) is 5.13 Å². The lowest BCUT2D eigenvalue weighted by Gasteiger charge is -2.29. The van der Waals surface area contributed by atoms with E-state index >= 15 is 0 Å². The molecule has 1 heterocycles. The van der Waals surface area contributed by atoms with E-state index in [0.29, 0.717) is 12.0 Å². The molecule has 2 atom stereocenters. The second-order valence-corrected chi connectivity index (χ2v) is 5.77. The second-order valence-electron chi connectivity index (χ2n) is 4.91. The summed E-state index contributed by atoms with van der Waals surface area (Å²) in [7, 11) is 1.40. The van der Waals surface area contributed by atoms with Gasteiger partial charge in [0.1, 0.15) is 0 Å². The number of hydrogen-bond acceptors (Lipinski definition) is 5. The Morgan fingerprint density at radius 2 is 2.33 bits per heavy atom. The van der Waals surface area contributed by atoms with Crippen molar-refractivity contribution < 1.29 is 9.53 Å². The molecular weight excluding hydrogens is 248 g/mol. The average molecular weight is 268 g/mol. The number of esters is 1. The third-order valence-electron chi connectivity index (χ3n) is 3.53. The Labute approximate surface area is 112 Å². The second kappa shape index (κ2) is 6.18. The van der Waals surface area contributed by atoms with Crippen LogP contribution in [0.25, 0.3) is 0 Å². The fourth-order valence-corrected chi connectivity index (χ4v) is 3.14. The molecule has 100 valence electrons. The third kappa shape index (κ3) is 3.45. The zero-order valence-electron chi connectivity index (χ0n) is 10.9. The van der Waals surface area contributed by atoms with Crippen LogP contribution in [0.2, 0.25) is 0 Å². The first-order chi connectivity index (χ1) is 8.69. The summed E-state index contributed by atoms with van der Waals surface area (Å²) in [5, 5.41) is 6.34. The maximum atomic E-state index is 11.2. The van der Waals surface area contributed by atoms with Crippen LogP contribution in [0.4, 0.5) is 5.13 Å². The predicted octanol–water partition coefficient (Wildman–Crippen LogP) is 2.85. The van der Waals surface area contributed by atoms with Gasteiger partial charge >= 0.3 is 5.97 Å². The Bertz CT molecular complexity index is 405. The molecule has 1 N–H and O–H groups in total. The summed E-state index contributed by atoms with van der Waals surface area (Å²) in [5.74, 6) is 0.463. The van der Waals surface area contributed by atoms with Crippen LogP contribution >= 0.6 is 11.3 Å². The number of anilines is 1. The van der Waals surface area contributed by atoms with E-state index in [1.54, 1.807) is 11.3 Å². The van der Waals surface area contributed by atoms with Gasteiger partial charge in [0.2, 0.25) is 0 Å². The number of carbonyl (C=O) groups is 1. The van der Waals surface area contributed by atoms with Gasteiger partial charge < -0.3 is 10.1 Å². The van der Waals surface area contributed by atoms with Crippen molar-refractivity contribution in [2.45, 2.75) is 45.1 Å². The van der Waals surface area contributed by atoms with Crippen LogP contribution in [-0.2, 0) is 16.0 Å². The molecule has 1 fully saturated rings. The number of aromatic nitrogens is 1. The number of carbonyl (C=O) groups excluding carboxylic acids is 1. The zero-order chi connectivity index (χ0) is 13.0. The van der Waals surface area contributed by atoms with Crippen LogP contribution in [0.15, 0.2) is 5.38 Å². The smallest absolute Gasteiger partial charge is 0.311 e. The van der Waals surface area contributed by atoms with E-state index in [9.17, 15) is 4.79 Å². The van der Waals surface area contributed by atoms with Crippen LogP contribution < -0.4 is 5.32 Å². The summed E-state index contributed by atoms with van der Waals surface area (Å²) in [6.07, 6.45) is 5.40. The van der Waals surface area contributed by atoms with Gasteiger partial charge in [0.05, 0.1) is 19.2 Å². The number of rotatable bonds is 4. The Balaban J connectivity index is 1.91. The van der Waals surface area contributed by atoms with Gasteiger partial charge in [0.25, 0.3) is 0 Å². The molecule has 1 saturated carbocycles. The minimum atomic E-state index is -0.238. The molecule has 1 aliphatic rings. The summed E-state index contributed by atoms with van der Waals surface area (Å²) in [4.78, 5) is 15.6. The van der Waals surface area contributed by atoms with Crippen molar-refractivity contribution in [3.05, 3.63) is 11.1 Å². The molecule has 0 amide bonds. The molecule has 0 spiro atoms. The van der Waals surface area contributed by atoms with Crippen molar-refractivity contribution in [3.63, 3.8) is 0 Å². The fourth-order valence-electron chi connectivity index (χ4n) is 2.36. The molecule has 1 aliphatic carbocycles. The van der Waals surface area contributed by atoms with Gasteiger partial charge in [-0.15, -0.1) is 11.3 Å². The molecule has 1 aromatic heterocycles. The molecule has 2 rings (SSSR count). The summed E-state index contributed by atoms with van der Waals surface area (Å²) < 4.78 is 4.64. The van der Waals surface area contributed by atoms with E-state index in [1.807, 2.05) is 5.38 Å². The first kappa shape index (κ1) is 13.3. The van der Waals surface area contributed by atoms with Gasteiger partial charge in [-0.2, -0.15) is 0 Å². The first-order valence-corrected chi connectivity index (χ1v) is 7.34. The van der Waals surface area contributed by atoms with Gasteiger partial charge in [0, 0.05) is 11.4 Å².